The van der Waals surface area contributed by atoms with Crippen molar-refractivity contribution in [1.82, 2.24) is 4.90 Å². The van der Waals surface area contributed by atoms with Crippen molar-refractivity contribution in [3.63, 3.8) is 0 Å². The van der Waals surface area contributed by atoms with Crippen molar-refractivity contribution < 1.29 is 23.4 Å². The van der Waals surface area contributed by atoms with Crippen LogP contribution >= 0.6 is 12.4 Å². The maximum absolute atomic E-state index is 13.7. The molecule has 4 nitrogen and oxygen atoms in total. The summed E-state index contributed by atoms with van der Waals surface area (Å²) in [4.78, 5) is 1.93. The summed E-state index contributed by atoms with van der Waals surface area (Å²) in [7, 11) is 3.31. The van der Waals surface area contributed by atoms with E-state index >= 15 is 0 Å². The quantitative estimate of drug-likeness (QED) is 0.806. The Hall–Kier alpha value is -1.89. The zero-order chi connectivity index (χ0) is 18.7. The summed E-state index contributed by atoms with van der Waals surface area (Å²) in [5.74, 6) is 0.0592. The number of aryl methyl sites for hydroxylation is 2. The highest BCUT2D eigenvalue weighted by molar-refractivity contribution is 5.85. The van der Waals surface area contributed by atoms with Crippen molar-refractivity contribution in [2.24, 2.45) is 0 Å². The van der Waals surface area contributed by atoms with Gasteiger partial charge >= 0.3 is 0 Å². The number of hydrogen-bond acceptors (Lipinski definition) is 4. The van der Waals surface area contributed by atoms with Crippen molar-refractivity contribution >= 4 is 12.4 Å². The van der Waals surface area contributed by atoms with E-state index < -0.39 is 11.9 Å². The zero-order valence-electron chi connectivity index (χ0n) is 15.3. The van der Waals surface area contributed by atoms with Crippen LogP contribution in [0.3, 0.4) is 0 Å². The molecule has 148 valence electrons. The Balaban J connectivity index is 0.00000261. The second-order valence-electron chi connectivity index (χ2n) is 6.62. The predicted molar refractivity (Wildman–Crippen MR) is 102 cm³/mol. The number of likely N-dealkylation sites (tertiary alicyclic amines) is 1. The number of halogens is 3. The van der Waals surface area contributed by atoms with Crippen molar-refractivity contribution in [3.05, 3.63) is 59.2 Å². The zero-order valence-corrected chi connectivity index (χ0v) is 16.1. The van der Waals surface area contributed by atoms with Gasteiger partial charge in [-0.05, 0) is 61.3 Å². The van der Waals surface area contributed by atoms with Crippen molar-refractivity contribution in [2.75, 3.05) is 20.7 Å². The van der Waals surface area contributed by atoms with E-state index in [4.69, 9.17) is 9.47 Å². The number of aliphatic hydroxyl groups is 1. The average Bonchev–Trinajstić information content (AvgIpc) is 2.93. The Morgan fingerprint density at radius 2 is 1.89 bits per heavy atom. The number of nitrogens with zero attached hydrogens (tertiary/aromatic N) is 1. The summed E-state index contributed by atoms with van der Waals surface area (Å²) < 4.78 is 38.3. The van der Waals surface area contributed by atoms with Gasteiger partial charge in [0, 0.05) is 13.0 Å². The molecule has 1 heterocycles. The molecule has 2 unspecified atom stereocenters. The van der Waals surface area contributed by atoms with Gasteiger partial charge in [-0.3, -0.25) is 4.90 Å². The summed E-state index contributed by atoms with van der Waals surface area (Å²) in [6, 6.07) is 9.15. The number of rotatable bonds is 6. The molecule has 0 bridgehead atoms. The molecule has 1 saturated heterocycles. The highest BCUT2D eigenvalue weighted by atomic mass is 35.5. The van der Waals surface area contributed by atoms with Gasteiger partial charge in [0.1, 0.15) is 11.6 Å². The lowest BCUT2D eigenvalue weighted by Gasteiger charge is -2.22. The second-order valence-corrected chi connectivity index (χ2v) is 6.62. The third kappa shape index (κ3) is 5.31. The number of ether oxygens (including phenoxy) is 2. The summed E-state index contributed by atoms with van der Waals surface area (Å²) >= 11 is 0. The molecule has 0 amide bonds. The largest absolute Gasteiger partial charge is 0.494 e. The fourth-order valence-electron chi connectivity index (χ4n) is 3.22. The van der Waals surface area contributed by atoms with Gasteiger partial charge in [-0.25, -0.2) is 8.78 Å². The monoisotopic (exact) mass is 399 g/mol. The van der Waals surface area contributed by atoms with Gasteiger partial charge in [0.05, 0.1) is 13.2 Å². The van der Waals surface area contributed by atoms with Crippen LogP contribution in [0.4, 0.5) is 8.78 Å². The Kier molecular flexibility index (Phi) is 7.41. The topological polar surface area (TPSA) is 41.9 Å². The van der Waals surface area contributed by atoms with Gasteiger partial charge in [-0.2, -0.15) is 0 Å². The van der Waals surface area contributed by atoms with Crippen LogP contribution in [0.2, 0.25) is 0 Å². The standard InChI is InChI=1S/C20H23F2NO3.ClH/c1-23-12-16(24)11-20(23)26-18-8-6-15(21)10-14(18)5-3-13-4-7-17(22)19(9-13)25-2;/h4,6-10,16,20,24H,3,5,11-12H2,1-2H3;1H. The van der Waals surface area contributed by atoms with Crippen LogP contribution in [0.5, 0.6) is 11.5 Å². The molecular formula is C20H24ClF2NO3. The Bertz CT molecular complexity index is 775. The molecule has 27 heavy (non-hydrogen) atoms. The summed E-state index contributed by atoms with van der Waals surface area (Å²) in [6.07, 6.45) is 1.00. The lowest BCUT2D eigenvalue weighted by Crippen LogP contribution is -2.30. The predicted octanol–water partition coefficient (Wildman–Crippen LogP) is 3.58. The number of methoxy groups -OCH3 is 1. The van der Waals surface area contributed by atoms with Gasteiger partial charge in [-0.1, -0.05) is 6.07 Å². The van der Waals surface area contributed by atoms with Gasteiger partial charge in [0.25, 0.3) is 0 Å². The second kappa shape index (κ2) is 9.35. The smallest absolute Gasteiger partial charge is 0.165 e. The van der Waals surface area contributed by atoms with E-state index in [1.807, 2.05) is 11.9 Å². The molecule has 0 aliphatic carbocycles. The minimum atomic E-state index is -0.416. The third-order valence-corrected chi connectivity index (χ3v) is 4.65. The Morgan fingerprint density at radius 3 is 2.56 bits per heavy atom. The van der Waals surface area contributed by atoms with Gasteiger partial charge in [0.2, 0.25) is 0 Å². The van der Waals surface area contributed by atoms with Crippen LogP contribution in [0, 0.1) is 11.6 Å². The number of aliphatic hydroxyl groups excluding tert-OH is 1. The molecular weight excluding hydrogens is 376 g/mol. The highest BCUT2D eigenvalue weighted by Crippen LogP contribution is 2.27. The van der Waals surface area contributed by atoms with Crippen molar-refractivity contribution in [2.45, 2.75) is 31.6 Å². The number of hydrogen-bond donors (Lipinski definition) is 1. The first-order valence-electron chi connectivity index (χ1n) is 8.62. The molecule has 1 N–H and O–H groups in total. The van der Waals surface area contributed by atoms with Gasteiger partial charge < -0.3 is 14.6 Å². The molecule has 0 spiro atoms. The van der Waals surface area contributed by atoms with Crippen LogP contribution in [0.25, 0.3) is 0 Å². The molecule has 0 saturated carbocycles. The first kappa shape index (κ1) is 21.4. The molecule has 2 atom stereocenters. The number of β-amino-alcohol motifs (C(OH)–C–C–N with tert-alkyl or cyclic N) is 1. The third-order valence-electron chi connectivity index (χ3n) is 4.65. The van der Waals surface area contributed by atoms with E-state index in [9.17, 15) is 13.9 Å². The number of likely N-dealkylation sites (N-methyl/N-ethyl adjacent to an activating group) is 1. The maximum atomic E-state index is 13.7. The average molecular weight is 400 g/mol. The highest BCUT2D eigenvalue weighted by Gasteiger charge is 2.30. The van der Waals surface area contributed by atoms with Gasteiger partial charge in [0.15, 0.2) is 17.8 Å². The normalized spacial score (nSPS) is 19.6. The number of benzene rings is 2. The van der Waals surface area contributed by atoms with E-state index in [1.165, 1.54) is 25.3 Å². The van der Waals surface area contributed by atoms with Crippen LogP contribution < -0.4 is 9.47 Å². The maximum Gasteiger partial charge on any atom is 0.165 e. The molecule has 0 radical (unpaired) electrons. The molecule has 2 aromatic rings. The summed E-state index contributed by atoms with van der Waals surface area (Å²) in [5.41, 5.74) is 1.63. The minimum Gasteiger partial charge on any atom is -0.494 e. The fourth-order valence-corrected chi connectivity index (χ4v) is 3.22. The van der Waals surface area contributed by atoms with Crippen molar-refractivity contribution in [3.8, 4) is 11.5 Å². The van der Waals surface area contributed by atoms with E-state index in [-0.39, 0.29) is 30.2 Å². The molecule has 1 aliphatic rings. The van der Waals surface area contributed by atoms with Crippen molar-refractivity contribution in [1.29, 1.82) is 0 Å². The van der Waals surface area contributed by atoms with Crippen LogP contribution in [0.15, 0.2) is 36.4 Å². The van der Waals surface area contributed by atoms with E-state index in [2.05, 4.69) is 0 Å². The SMILES string of the molecule is COc1cc(CCc2cc(F)ccc2OC2CC(O)CN2C)ccc1F.Cl. The lowest BCUT2D eigenvalue weighted by atomic mass is 10.0. The molecule has 3 rings (SSSR count). The summed E-state index contributed by atoms with van der Waals surface area (Å²) in [5, 5.41) is 9.76. The van der Waals surface area contributed by atoms with Crippen LogP contribution in [-0.2, 0) is 12.8 Å². The van der Waals surface area contributed by atoms with E-state index in [0.29, 0.717) is 31.6 Å². The molecule has 2 aromatic carbocycles. The fraction of sp³-hybridized carbons (Fsp3) is 0.400. The van der Waals surface area contributed by atoms with Crippen LogP contribution in [0.1, 0.15) is 17.5 Å². The van der Waals surface area contributed by atoms with Crippen LogP contribution in [-0.4, -0.2) is 43.0 Å². The van der Waals surface area contributed by atoms with E-state index in [1.54, 1.807) is 18.2 Å². The van der Waals surface area contributed by atoms with Gasteiger partial charge in [-0.15, -0.1) is 12.4 Å². The molecule has 1 aliphatic heterocycles. The first-order chi connectivity index (χ1) is 12.5. The van der Waals surface area contributed by atoms with E-state index in [0.717, 1.165) is 11.1 Å². The molecule has 0 aromatic heterocycles. The molecule has 7 heteroatoms. The lowest BCUT2D eigenvalue weighted by molar-refractivity contribution is 0.0793. The Morgan fingerprint density at radius 1 is 1.11 bits per heavy atom. The first-order valence-corrected chi connectivity index (χ1v) is 8.62. The minimum absolute atomic E-state index is 0. The molecule has 1 fully saturated rings. The Labute approximate surface area is 164 Å². The summed E-state index contributed by atoms with van der Waals surface area (Å²) in [6.45, 7) is 0.552.